The molecule has 6 heteroatoms. The topological polar surface area (TPSA) is 71.0 Å². The molecule has 2 aliphatic heterocycles. The molecule has 0 aliphatic carbocycles. The first-order valence-corrected chi connectivity index (χ1v) is 6.94. The average molecular weight is 292 g/mol. The molecule has 0 unspecified atom stereocenters. The van der Waals surface area contributed by atoms with E-state index in [9.17, 15) is 9.90 Å². The molecule has 2 aliphatic rings. The number of carboxylic acid groups (broad SMARTS) is 1. The van der Waals surface area contributed by atoms with E-state index in [-0.39, 0.29) is 5.92 Å². The fraction of sp³-hybridized carbons (Fsp3) is 0.533. The van der Waals surface area contributed by atoms with Gasteiger partial charge in [-0.05, 0) is 18.7 Å². The molecule has 1 fully saturated rings. The lowest BCUT2D eigenvalue weighted by Gasteiger charge is -2.38. The van der Waals surface area contributed by atoms with Crippen LogP contribution in [-0.2, 0) is 11.3 Å². The molecule has 2 N–H and O–H groups in total. The molecule has 1 aromatic carbocycles. The zero-order valence-corrected chi connectivity index (χ0v) is 12.5. The number of rotatable bonds is 3. The molecule has 0 amide bonds. The van der Waals surface area contributed by atoms with Crippen LogP contribution in [0.1, 0.15) is 17.0 Å². The van der Waals surface area contributed by atoms with Crippen molar-refractivity contribution in [2.75, 3.05) is 34.4 Å². The number of carbonyl (C=O) groups is 1. The molecular weight excluding hydrogens is 272 g/mol. The van der Waals surface area contributed by atoms with E-state index in [4.69, 9.17) is 9.47 Å². The number of benzene rings is 1. The van der Waals surface area contributed by atoms with Crippen molar-refractivity contribution in [2.24, 2.45) is 0 Å². The van der Waals surface area contributed by atoms with Gasteiger partial charge in [-0.15, -0.1) is 0 Å². The quantitative estimate of drug-likeness (QED) is 0.853. The minimum Gasteiger partial charge on any atom is -0.493 e. The van der Waals surface area contributed by atoms with Crippen molar-refractivity contribution in [3.8, 4) is 11.5 Å². The molecule has 0 radical (unpaired) electrons. The van der Waals surface area contributed by atoms with Crippen LogP contribution in [0.15, 0.2) is 12.1 Å². The summed E-state index contributed by atoms with van der Waals surface area (Å²) >= 11 is 0. The fourth-order valence-electron chi connectivity index (χ4n) is 3.66. The first-order chi connectivity index (χ1) is 10.0. The van der Waals surface area contributed by atoms with Gasteiger partial charge in [0.25, 0.3) is 0 Å². The summed E-state index contributed by atoms with van der Waals surface area (Å²) in [7, 11) is 5.13. The monoisotopic (exact) mass is 292 g/mol. The summed E-state index contributed by atoms with van der Waals surface area (Å²) in [6, 6.07) is 3.85. The minimum absolute atomic E-state index is 0.159. The Labute approximate surface area is 123 Å². The van der Waals surface area contributed by atoms with Gasteiger partial charge in [-0.1, -0.05) is 6.07 Å². The smallest absolute Gasteiger partial charge is 0.325 e. The maximum atomic E-state index is 11.9. The lowest BCUT2D eigenvalue weighted by Crippen LogP contribution is -2.59. The first kappa shape index (κ1) is 14.2. The number of nitrogens with zero attached hydrogens (tertiary/aromatic N) is 1. The molecular formula is C15H20N2O4. The summed E-state index contributed by atoms with van der Waals surface area (Å²) in [5.74, 6) is 0.329. The highest BCUT2D eigenvalue weighted by atomic mass is 16.5. The summed E-state index contributed by atoms with van der Waals surface area (Å²) in [5, 5.41) is 13.0. The Kier molecular flexibility index (Phi) is 3.30. The Bertz CT molecular complexity index is 589. The van der Waals surface area contributed by atoms with Gasteiger partial charge in [0.2, 0.25) is 0 Å². The first-order valence-electron chi connectivity index (χ1n) is 6.94. The van der Waals surface area contributed by atoms with E-state index < -0.39 is 11.5 Å². The van der Waals surface area contributed by atoms with E-state index in [1.165, 1.54) is 0 Å². The van der Waals surface area contributed by atoms with Crippen molar-refractivity contribution in [1.82, 2.24) is 10.2 Å². The highest BCUT2D eigenvalue weighted by molar-refractivity contribution is 5.83. The maximum absolute atomic E-state index is 11.9. The van der Waals surface area contributed by atoms with Gasteiger partial charge in [0.15, 0.2) is 11.5 Å². The molecule has 114 valence electrons. The van der Waals surface area contributed by atoms with Crippen molar-refractivity contribution in [1.29, 1.82) is 0 Å². The van der Waals surface area contributed by atoms with Gasteiger partial charge in [0.05, 0.1) is 14.2 Å². The number of nitrogens with one attached hydrogen (secondary N) is 1. The molecule has 2 atom stereocenters. The van der Waals surface area contributed by atoms with Crippen molar-refractivity contribution in [2.45, 2.75) is 18.0 Å². The Morgan fingerprint density at radius 1 is 1.43 bits per heavy atom. The Balaban J connectivity index is 2.19. The number of carboxylic acids is 1. The molecule has 1 aromatic rings. The number of aliphatic carboxylic acids is 1. The van der Waals surface area contributed by atoms with Crippen LogP contribution in [-0.4, -0.2) is 55.9 Å². The van der Waals surface area contributed by atoms with Crippen LogP contribution in [0, 0.1) is 0 Å². The van der Waals surface area contributed by atoms with Crippen LogP contribution in [0.5, 0.6) is 11.5 Å². The van der Waals surface area contributed by atoms with Gasteiger partial charge in [0, 0.05) is 31.1 Å². The summed E-state index contributed by atoms with van der Waals surface area (Å²) in [6.07, 6.45) is 0. The van der Waals surface area contributed by atoms with E-state index in [2.05, 4.69) is 5.32 Å². The highest BCUT2D eigenvalue weighted by Crippen LogP contribution is 2.47. The van der Waals surface area contributed by atoms with Crippen LogP contribution < -0.4 is 14.8 Å². The van der Waals surface area contributed by atoms with E-state index in [1.54, 1.807) is 14.2 Å². The van der Waals surface area contributed by atoms with Gasteiger partial charge in [-0.2, -0.15) is 0 Å². The molecule has 1 saturated heterocycles. The fourth-order valence-corrected chi connectivity index (χ4v) is 3.66. The second-order valence-corrected chi connectivity index (χ2v) is 5.75. The van der Waals surface area contributed by atoms with Crippen molar-refractivity contribution >= 4 is 5.97 Å². The van der Waals surface area contributed by atoms with Crippen LogP contribution in [0.3, 0.4) is 0 Å². The molecule has 6 nitrogen and oxygen atoms in total. The molecule has 0 saturated carbocycles. The predicted molar refractivity (Wildman–Crippen MR) is 77.0 cm³/mol. The maximum Gasteiger partial charge on any atom is 0.325 e. The number of hydrogen-bond acceptors (Lipinski definition) is 5. The van der Waals surface area contributed by atoms with Crippen molar-refractivity contribution in [3.05, 3.63) is 23.3 Å². The normalized spacial score (nSPS) is 27.9. The van der Waals surface area contributed by atoms with E-state index in [0.717, 1.165) is 11.1 Å². The minimum atomic E-state index is -0.957. The number of fused-ring (bicyclic) bond motifs is 3. The van der Waals surface area contributed by atoms with Gasteiger partial charge >= 0.3 is 5.97 Å². The second kappa shape index (κ2) is 4.89. The van der Waals surface area contributed by atoms with Crippen LogP contribution in [0.4, 0.5) is 0 Å². The third kappa shape index (κ3) is 1.90. The molecule has 3 rings (SSSR count). The lowest BCUT2D eigenvalue weighted by molar-refractivity contribution is -0.145. The van der Waals surface area contributed by atoms with Crippen molar-refractivity contribution < 1.29 is 19.4 Å². The number of likely N-dealkylation sites (N-methyl/N-ethyl adjacent to an activating group) is 1. The average Bonchev–Trinajstić information content (AvgIpc) is 2.83. The Morgan fingerprint density at radius 3 is 2.81 bits per heavy atom. The van der Waals surface area contributed by atoms with Gasteiger partial charge in [0.1, 0.15) is 5.54 Å². The lowest BCUT2D eigenvalue weighted by atomic mass is 9.76. The van der Waals surface area contributed by atoms with Gasteiger partial charge in [-0.3, -0.25) is 10.1 Å². The molecule has 0 spiro atoms. The predicted octanol–water partition coefficient (Wildman–Crippen LogP) is 0.659. The standard InChI is InChI=1S/C15H20N2O4/c1-17-7-10-12-9(4-5-11(20-2)13(12)21-3)6-16-15(10,8-17)14(18)19/h4-5,10,16H,6-8H2,1-3H3,(H,18,19)/t10-,15+/m0/s1. The Morgan fingerprint density at radius 2 is 2.19 bits per heavy atom. The van der Waals surface area contributed by atoms with Crippen molar-refractivity contribution in [3.63, 3.8) is 0 Å². The summed E-state index contributed by atoms with van der Waals surface area (Å²) in [6.45, 7) is 1.68. The SMILES string of the molecule is COc1ccc2c(c1OC)[C@@H]1CN(C)C[C@@]1(C(=O)O)NC2. The summed E-state index contributed by atoms with van der Waals surface area (Å²) in [4.78, 5) is 13.9. The second-order valence-electron chi connectivity index (χ2n) is 5.75. The van der Waals surface area contributed by atoms with E-state index in [0.29, 0.717) is 31.1 Å². The molecule has 0 bridgehead atoms. The van der Waals surface area contributed by atoms with Gasteiger partial charge < -0.3 is 19.5 Å². The third-order valence-corrected chi connectivity index (χ3v) is 4.61. The molecule has 21 heavy (non-hydrogen) atoms. The number of methoxy groups -OCH3 is 2. The van der Waals surface area contributed by atoms with Crippen LogP contribution >= 0.6 is 0 Å². The molecule has 2 heterocycles. The number of likely N-dealkylation sites (tertiary alicyclic amines) is 1. The highest BCUT2D eigenvalue weighted by Gasteiger charge is 2.55. The molecule has 0 aromatic heterocycles. The summed E-state index contributed by atoms with van der Waals surface area (Å²) in [5.41, 5.74) is 1.08. The van der Waals surface area contributed by atoms with Crippen LogP contribution in [0.25, 0.3) is 0 Å². The number of ether oxygens (including phenoxy) is 2. The van der Waals surface area contributed by atoms with E-state index in [1.807, 2.05) is 24.1 Å². The summed E-state index contributed by atoms with van der Waals surface area (Å²) < 4.78 is 10.9. The van der Waals surface area contributed by atoms with Gasteiger partial charge in [-0.25, -0.2) is 0 Å². The largest absolute Gasteiger partial charge is 0.493 e. The Hall–Kier alpha value is -1.79. The third-order valence-electron chi connectivity index (χ3n) is 4.61. The zero-order chi connectivity index (χ0) is 15.2. The van der Waals surface area contributed by atoms with E-state index >= 15 is 0 Å². The van der Waals surface area contributed by atoms with Crippen LogP contribution in [0.2, 0.25) is 0 Å². The zero-order valence-electron chi connectivity index (χ0n) is 12.5. The number of hydrogen-bond donors (Lipinski definition) is 2.